The molecule has 4 aromatic heterocycles. The number of nitrogens with zero attached hydrogens (tertiary/aromatic N) is 7. The number of fused-ring (bicyclic) bond motifs is 1. The Morgan fingerprint density at radius 1 is 1.00 bits per heavy atom. The first-order valence-electron chi connectivity index (χ1n) is 8.99. The predicted molar refractivity (Wildman–Crippen MR) is 104 cm³/mol. The predicted octanol–water partition coefficient (Wildman–Crippen LogP) is 2.64. The summed E-state index contributed by atoms with van der Waals surface area (Å²) in [6, 6.07) is 0.821. The van der Waals surface area contributed by atoms with Crippen LogP contribution in [0.15, 0.2) is 36.0 Å². The normalized spacial score (nSPS) is 12.6. The van der Waals surface area contributed by atoms with Gasteiger partial charge in [-0.2, -0.15) is 13.2 Å². The van der Waals surface area contributed by atoms with Gasteiger partial charge in [-0.05, 0) is 6.07 Å². The van der Waals surface area contributed by atoms with E-state index in [0.717, 1.165) is 12.3 Å². The molecule has 4 rings (SSSR count). The molecule has 9 nitrogen and oxygen atoms in total. The van der Waals surface area contributed by atoms with Crippen molar-refractivity contribution in [1.82, 2.24) is 34.1 Å². The molecule has 13 heteroatoms. The maximum absolute atomic E-state index is 13.1. The lowest BCUT2D eigenvalue weighted by Gasteiger charge is -2.07. The molecule has 0 bridgehead atoms. The smallest absolute Gasteiger partial charge is 0.324 e. The number of hydrogen-bond acceptors (Lipinski definition) is 7. The molecule has 0 atom stereocenters. The summed E-state index contributed by atoms with van der Waals surface area (Å²) in [4.78, 5) is 20.1. The molecule has 0 amide bonds. The van der Waals surface area contributed by atoms with E-state index in [2.05, 4.69) is 24.9 Å². The van der Waals surface area contributed by atoms with Crippen molar-refractivity contribution in [2.75, 3.05) is 5.75 Å². The number of hydrogen-bond donors (Lipinski definition) is 0. The van der Waals surface area contributed by atoms with E-state index in [4.69, 9.17) is 0 Å². The van der Waals surface area contributed by atoms with E-state index < -0.39 is 21.7 Å². The number of pyridine rings is 1. The Kier molecular flexibility index (Phi) is 4.80. The number of aromatic nitrogens is 7. The van der Waals surface area contributed by atoms with Crippen LogP contribution < -0.4 is 0 Å². The molecule has 0 spiro atoms. The first-order chi connectivity index (χ1) is 14.5. The molecule has 0 saturated heterocycles. The van der Waals surface area contributed by atoms with E-state index in [9.17, 15) is 21.6 Å². The Bertz CT molecular complexity index is 1390. The van der Waals surface area contributed by atoms with Crippen molar-refractivity contribution >= 4 is 20.9 Å². The number of aryl methyl sites for hydroxylation is 1. The first-order valence-corrected chi connectivity index (χ1v) is 10.6. The standard InChI is InChI=1S/C18H16F3N7O2S/c1-4-31(29,30)17-14(26-15(28(17)3)10-6-22-9-23-7-10)16-25-11-5-13(18(19,20)21)24-8-12(11)27(16)2/h5-9H,4H2,1-3H3. The van der Waals surface area contributed by atoms with Gasteiger partial charge in [-0.3, -0.25) is 0 Å². The van der Waals surface area contributed by atoms with Crippen LogP contribution in [0.5, 0.6) is 0 Å². The summed E-state index contributed by atoms with van der Waals surface area (Å²) >= 11 is 0. The molecular weight excluding hydrogens is 435 g/mol. The minimum absolute atomic E-state index is 0.0231. The molecule has 4 heterocycles. The van der Waals surface area contributed by atoms with Gasteiger partial charge in [0.1, 0.15) is 23.5 Å². The first kappa shape index (κ1) is 20.9. The largest absolute Gasteiger partial charge is 0.433 e. The van der Waals surface area contributed by atoms with E-state index in [-0.39, 0.29) is 33.6 Å². The van der Waals surface area contributed by atoms with Crippen LogP contribution in [0.25, 0.3) is 33.9 Å². The Balaban J connectivity index is 2.02. The summed E-state index contributed by atoms with van der Waals surface area (Å²) in [5.74, 6) is 0.180. The summed E-state index contributed by atoms with van der Waals surface area (Å²) in [5, 5.41) is -0.101. The van der Waals surface area contributed by atoms with Crippen molar-refractivity contribution in [1.29, 1.82) is 0 Å². The maximum atomic E-state index is 13.1. The van der Waals surface area contributed by atoms with Gasteiger partial charge in [-0.1, -0.05) is 6.92 Å². The fourth-order valence-corrected chi connectivity index (χ4v) is 4.46. The lowest BCUT2D eigenvalue weighted by molar-refractivity contribution is -0.141. The molecule has 31 heavy (non-hydrogen) atoms. The maximum Gasteiger partial charge on any atom is 0.433 e. The van der Waals surface area contributed by atoms with Crippen LogP contribution >= 0.6 is 0 Å². The third-order valence-electron chi connectivity index (χ3n) is 4.81. The van der Waals surface area contributed by atoms with Crippen molar-refractivity contribution in [3.05, 3.63) is 36.7 Å². The number of rotatable bonds is 4. The van der Waals surface area contributed by atoms with Crippen LogP contribution in [-0.2, 0) is 30.1 Å². The average Bonchev–Trinajstić information content (AvgIpc) is 3.25. The summed E-state index contributed by atoms with van der Waals surface area (Å²) < 4.78 is 67.8. The van der Waals surface area contributed by atoms with Gasteiger partial charge in [0.15, 0.2) is 20.7 Å². The molecular formula is C18H16F3N7O2S. The number of imidazole rings is 2. The van der Waals surface area contributed by atoms with E-state index in [1.165, 1.54) is 41.8 Å². The van der Waals surface area contributed by atoms with Crippen LogP contribution in [0.3, 0.4) is 0 Å². The van der Waals surface area contributed by atoms with Gasteiger partial charge in [0.2, 0.25) is 0 Å². The highest BCUT2D eigenvalue weighted by atomic mass is 32.2. The topological polar surface area (TPSA) is 108 Å². The zero-order chi connectivity index (χ0) is 22.6. The van der Waals surface area contributed by atoms with Crippen molar-refractivity contribution in [3.63, 3.8) is 0 Å². The SMILES string of the molecule is CCS(=O)(=O)c1c(-c2nc3cc(C(F)(F)F)ncc3n2C)nc(-c2cncnc2)n1C. The minimum Gasteiger partial charge on any atom is -0.324 e. The number of alkyl halides is 3. The van der Waals surface area contributed by atoms with Crippen molar-refractivity contribution in [2.24, 2.45) is 14.1 Å². The third-order valence-corrected chi connectivity index (χ3v) is 6.62. The van der Waals surface area contributed by atoms with Crippen molar-refractivity contribution in [2.45, 2.75) is 18.1 Å². The zero-order valence-corrected chi connectivity index (χ0v) is 17.4. The zero-order valence-electron chi connectivity index (χ0n) is 16.6. The Morgan fingerprint density at radius 2 is 1.68 bits per heavy atom. The fraction of sp³-hybridized carbons (Fsp3) is 0.278. The van der Waals surface area contributed by atoms with Crippen molar-refractivity contribution in [3.8, 4) is 22.9 Å². The van der Waals surface area contributed by atoms with Gasteiger partial charge in [0, 0.05) is 26.5 Å². The van der Waals surface area contributed by atoms with Gasteiger partial charge >= 0.3 is 6.18 Å². The van der Waals surface area contributed by atoms with Crippen LogP contribution in [0, 0.1) is 0 Å². The van der Waals surface area contributed by atoms with Crippen LogP contribution in [0.1, 0.15) is 12.6 Å². The van der Waals surface area contributed by atoms with Gasteiger partial charge < -0.3 is 9.13 Å². The minimum atomic E-state index is -4.63. The van der Waals surface area contributed by atoms with Gasteiger partial charge in [-0.15, -0.1) is 0 Å². The second-order valence-corrected chi connectivity index (χ2v) is 8.92. The van der Waals surface area contributed by atoms with Crippen LogP contribution in [-0.4, -0.2) is 48.2 Å². The monoisotopic (exact) mass is 451 g/mol. The fourth-order valence-electron chi connectivity index (χ4n) is 3.25. The molecule has 4 aromatic rings. The second-order valence-electron chi connectivity index (χ2n) is 6.73. The molecule has 162 valence electrons. The summed E-state index contributed by atoms with van der Waals surface area (Å²) in [6.45, 7) is 1.49. The molecule has 0 aliphatic rings. The second kappa shape index (κ2) is 7.11. The Morgan fingerprint density at radius 3 is 2.29 bits per heavy atom. The summed E-state index contributed by atoms with van der Waals surface area (Å²) in [5.41, 5.74) is -0.263. The molecule has 0 radical (unpaired) electrons. The van der Waals surface area contributed by atoms with Crippen LogP contribution in [0.4, 0.5) is 13.2 Å². The van der Waals surface area contributed by atoms with E-state index in [1.54, 1.807) is 7.05 Å². The van der Waals surface area contributed by atoms with E-state index in [0.29, 0.717) is 11.1 Å². The quantitative estimate of drug-likeness (QED) is 0.469. The van der Waals surface area contributed by atoms with Gasteiger partial charge in [-0.25, -0.2) is 33.3 Å². The van der Waals surface area contributed by atoms with Crippen molar-refractivity contribution < 1.29 is 21.6 Å². The van der Waals surface area contributed by atoms with Gasteiger partial charge in [0.05, 0.1) is 28.5 Å². The average molecular weight is 451 g/mol. The molecule has 0 aliphatic heterocycles. The number of sulfone groups is 1. The molecule has 0 unspecified atom stereocenters. The lowest BCUT2D eigenvalue weighted by atomic mass is 10.3. The van der Waals surface area contributed by atoms with E-state index >= 15 is 0 Å². The molecule has 0 fully saturated rings. The summed E-state index contributed by atoms with van der Waals surface area (Å²) in [7, 11) is -0.677. The highest BCUT2D eigenvalue weighted by molar-refractivity contribution is 7.91. The molecule has 0 aliphatic carbocycles. The lowest BCUT2D eigenvalue weighted by Crippen LogP contribution is -2.11. The highest BCUT2D eigenvalue weighted by Crippen LogP contribution is 2.34. The molecule has 0 N–H and O–H groups in total. The Labute approximate surface area is 174 Å². The highest BCUT2D eigenvalue weighted by Gasteiger charge is 2.34. The summed E-state index contributed by atoms with van der Waals surface area (Å²) in [6.07, 6.45) is 0.713. The number of halogens is 3. The third kappa shape index (κ3) is 3.44. The molecule has 0 saturated carbocycles. The molecule has 0 aromatic carbocycles. The van der Waals surface area contributed by atoms with Crippen LogP contribution in [0.2, 0.25) is 0 Å². The van der Waals surface area contributed by atoms with E-state index in [1.807, 2.05) is 0 Å². The Hall–Kier alpha value is -3.35. The van der Waals surface area contributed by atoms with Gasteiger partial charge in [0.25, 0.3) is 0 Å².